The zero-order valence-electron chi connectivity index (χ0n) is 20.9. The van der Waals surface area contributed by atoms with Gasteiger partial charge < -0.3 is 0 Å². The van der Waals surface area contributed by atoms with Gasteiger partial charge in [-0.1, -0.05) is 115 Å². The Balaban J connectivity index is 1.43. The Labute approximate surface area is 197 Å². The lowest BCUT2D eigenvalue weighted by Crippen LogP contribution is -2.16. The Morgan fingerprint density at radius 2 is 1.44 bits per heavy atom. The minimum atomic E-state index is 0.837. The van der Waals surface area contributed by atoms with Gasteiger partial charge in [0, 0.05) is 17.5 Å². The maximum atomic E-state index is 4.97. The number of rotatable bonds is 15. The summed E-state index contributed by atoms with van der Waals surface area (Å²) in [5, 5.41) is 0. The molecule has 1 heterocycles. The van der Waals surface area contributed by atoms with Crippen molar-refractivity contribution < 1.29 is 0 Å². The first-order valence-corrected chi connectivity index (χ1v) is 13.7. The fourth-order valence-electron chi connectivity index (χ4n) is 5.11. The molecule has 1 aliphatic rings. The second-order valence-electron chi connectivity index (χ2n) is 10.0. The van der Waals surface area contributed by atoms with E-state index in [9.17, 15) is 0 Å². The van der Waals surface area contributed by atoms with Gasteiger partial charge in [-0.3, -0.25) is 0 Å². The highest BCUT2D eigenvalue weighted by molar-refractivity contribution is 5.55. The fourth-order valence-corrected chi connectivity index (χ4v) is 5.11. The molecule has 176 valence electrons. The van der Waals surface area contributed by atoms with Gasteiger partial charge in [-0.2, -0.15) is 0 Å². The number of aryl methyl sites for hydroxylation is 2. The van der Waals surface area contributed by atoms with Gasteiger partial charge in [0.15, 0.2) is 5.82 Å². The lowest BCUT2D eigenvalue weighted by Gasteiger charge is -2.24. The summed E-state index contributed by atoms with van der Waals surface area (Å²) in [5.41, 5.74) is 5.30. The lowest BCUT2D eigenvalue weighted by atomic mass is 9.84. The molecule has 1 aromatic heterocycles. The van der Waals surface area contributed by atoms with Gasteiger partial charge in [-0.15, -0.1) is 0 Å². The summed E-state index contributed by atoms with van der Waals surface area (Å²) in [6.45, 7) is 4.57. The van der Waals surface area contributed by atoms with Crippen molar-refractivity contribution in [3.63, 3.8) is 0 Å². The zero-order valence-corrected chi connectivity index (χ0v) is 20.9. The highest BCUT2D eigenvalue weighted by Crippen LogP contribution is 2.29. The van der Waals surface area contributed by atoms with Crippen LogP contribution >= 0.6 is 0 Å². The minimum absolute atomic E-state index is 0.837. The van der Waals surface area contributed by atoms with Crippen LogP contribution < -0.4 is 0 Å². The topological polar surface area (TPSA) is 25.8 Å². The normalized spacial score (nSPS) is 15.6. The van der Waals surface area contributed by atoms with Crippen LogP contribution in [0.15, 0.2) is 30.5 Å². The predicted octanol–water partition coefficient (Wildman–Crippen LogP) is 8.90. The maximum absolute atomic E-state index is 4.97. The second kappa shape index (κ2) is 14.4. The van der Waals surface area contributed by atoms with Crippen molar-refractivity contribution in [3.05, 3.63) is 47.3 Å². The highest BCUT2D eigenvalue weighted by Gasteiger charge is 2.20. The number of aromatic nitrogens is 2. The highest BCUT2D eigenvalue weighted by atomic mass is 14.9. The van der Waals surface area contributed by atoms with Crippen LogP contribution in [0.2, 0.25) is 0 Å². The van der Waals surface area contributed by atoms with Gasteiger partial charge in [0.05, 0.1) is 0 Å². The molecule has 3 rings (SSSR count). The summed E-state index contributed by atoms with van der Waals surface area (Å²) in [6, 6.07) is 8.98. The molecule has 1 aromatic carbocycles. The Kier molecular flexibility index (Phi) is 11.3. The number of fused-ring (bicyclic) bond motifs is 1. The van der Waals surface area contributed by atoms with E-state index in [1.165, 1.54) is 120 Å². The first-order chi connectivity index (χ1) is 15.8. The SMILES string of the molecule is CCCCCCCCCC1CCc2nc(-c3ccc(CCCCCCC)cc3)ncc2C1. The molecule has 0 saturated carbocycles. The van der Waals surface area contributed by atoms with Crippen LogP contribution in [0, 0.1) is 5.92 Å². The van der Waals surface area contributed by atoms with E-state index in [0.29, 0.717) is 0 Å². The van der Waals surface area contributed by atoms with E-state index in [1.807, 2.05) is 0 Å². The molecular formula is C30H46N2. The molecule has 0 N–H and O–H groups in total. The zero-order chi connectivity index (χ0) is 22.4. The van der Waals surface area contributed by atoms with Crippen molar-refractivity contribution >= 4 is 0 Å². The van der Waals surface area contributed by atoms with Crippen molar-refractivity contribution in [2.75, 3.05) is 0 Å². The van der Waals surface area contributed by atoms with E-state index >= 15 is 0 Å². The summed E-state index contributed by atoms with van der Waals surface area (Å²) in [5.74, 6) is 1.74. The predicted molar refractivity (Wildman–Crippen MR) is 138 cm³/mol. The molecule has 1 unspecified atom stereocenters. The van der Waals surface area contributed by atoms with Gasteiger partial charge in [0.2, 0.25) is 0 Å². The number of unbranched alkanes of at least 4 members (excludes halogenated alkanes) is 10. The first-order valence-electron chi connectivity index (χ1n) is 13.7. The molecule has 32 heavy (non-hydrogen) atoms. The smallest absolute Gasteiger partial charge is 0.159 e. The van der Waals surface area contributed by atoms with E-state index in [2.05, 4.69) is 44.3 Å². The Hall–Kier alpha value is -1.70. The Morgan fingerprint density at radius 3 is 2.16 bits per heavy atom. The van der Waals surface area contributed by atoms with Crippen LogP contribution in [0.5, 0.6) is 0 Å². The molecule has 2 heteroatoms. The third-order valence-electron chi connectivity index (χ3n) is 7.25. The first kappa shape index (κ1) is 24.9. The quantitative estimate of drug-likeness (QED) is 0.261. The molecule has 0 spiro atoms. The molecular weight excluding hydrogens is 388 g/mol. The number of hydrogen-bond donors (Lipinski definition) is 0. The van der Waals surface area contributed by atoms with E-state index in [-0.39, 0.29) is 0 Å². The van der Waals surface area contributed by atoms with Gasteiger partial charge in [0.25, 0.3) is 0 Å². The molecule has 0 aliphatic heterocycles. The van der Waals surface area contributed by atoms with E-state index in [0.717, 1.165) is 23.7 Å². The average molecular weight is 435 g/mol. The van der Waals surface area contributed by atoms with Crippen LogP contribution in [-0.2, 0) is 19.3 Å². The van der Waals surface area contributed by atoms with E-state index < -0.39 is 0 Å². The van der Waals surface area contributed by atoms with Crippen molar-refractivity contribution in [2.45, 2.75) is 123 Å². The molecule has 2 nitrogen and oxygen atoms in total. The van der Waals surface area contributed by atoms with Crippen LogP contribution in [0.1, 0.15) is 121 Å². The Bertz CT molecular complexity index is 765. The van der Waals surface area contributed by atoms with Crippen LogP contribution in [-0.4, -0.2) is 9.97 Å². The lowest BCUT2D eigenvalue weighted by molar-refractivity contribution is 0.399. The van der Waals surface area contributed by atoms with Crippen molar-refractivity contribution in [2.24, 2.45) is 5.92 Å². The largest absolute Gasteiger partial charge is 0.236 e. The molecule has 0 radical (unpaired) electrons. The summed E-state index contributed by atoms with van der Waals surface area (Å²) in [7, 11) is 0. The number of hydrogen-bond acceptors (Lipinski definition) is 2. The van der Waals surface area contributed by atoms with Gasteiger partial charge in [0.1, 0.15) is 0 Å². The van der Waals surface area contributed by atoms with Gasteiger partial charge in [-0.25, -0.2) is 9.97 Å². The van der Waals surface area contributed by atoms with E-state index in [1.54, 1.807) is 0 Å². The van der Waals surface area contributed by atoms with E-state index in [4.69, 9.17) is 9.97 Å². The van der Waals surface area contributed by atoms with Gasteiger partial charge >= 0.3 is 0 Å². The van der Waals surface area contributed by atoms with Crippen LogP contribution in [0.25, 0.3) is 11.4 Å². The molecule has 1 aliphatic carbocycles. The molecule has 0 amide bonds. The third kappa shape index (κ3) is 8.34. The van der Waals surface area contributed by atoms with Crippen molar-refractivity contribution in [1.29, 1.82) is 0 Å². The molecule has 2 aromatic rings. The number of benzene rings is 1. The van der Waals surface area contributed by atoms with Crippen LogP contribution in [0.4, 0.5) is 0 Å². The summed E-state index contributed by atoms with van der Waals surface area (Å²) >= 11 is 0. The summed E-state index contributed by atoms with van der Waals surface area (Å²) in [6.07, 6.45) is 24.9. The second-order valence-corrected chi connectivity index (χ2v) is 10.0. The molecule has 0 bridgehead atoms. The third-order valence-corrected chi connectivity index (χ3v) is 7.25. The molecule has 1 atom stereocenters. The fraction of sp³-hybridized carbons (Fsp3) is 0.667. The molecule has 0 saturated heterocycles. The standard InChI is InChI=1S/C30H46N2/c1-3-5-7-9-10-12-14-16-26-19-22-29-28(23-26)24-31-30(32-29)27-20-17-25(18-21-27)15-13-11-8-6-4-2/h17-18,20-21,24,26H,3-16,19,22-23H2,1-2H3. The minimum Gasteiger partial charge on any atom is -0.236 e. The monoisotopic (exact) mass is 434 g/mol. The Morgan fingerprint density at radius 1 is 0.781 bits per heavy atom. The number of nitrogens with zero attached hydrogens (tertiary/aromatic N) is 2. The average Bonchev–Trinajstić information content (AvgIpc) is 2.83. The summed E-state index contributed by atoms with van der Waals surface area (Å²) in [4.78, 5) is 9.72. The summed E-state index contributed by atoms with van der Waals surface area (Å²) < 4.78 is 0. The van der Waals surface area contributed by atoms with Crippen molar-refractivity contribution in [1.82, 2.24) is 9.97 Å². The maximum Gasteiger partial charge on any atom is 0.159 e. The van der Waals surface area contributed by atoms with Crippen LogP contribution in [0.3, 0.4) is 0 Å². The van der Waals surface area contributed by atoms with Gasteiger partial charge in [-0.05, 0) is 49.1 Å². The van der Waals surface area contributed by atoms with Crippen molar-refractivity contribution in [3.8, 4) is 11.4 Å². The molecule has 0 fully saturated rings.